The lowest BCUT2D eigenvalue weighted by atomic mass is 10.1. The van der Waals surface area contributed by atoms with Crippen molar-refractivity contribution in [2.24, 2.45) is 0 Å². The summed E-state index contributed by atoms with van der Waals surface area (Å²) < 4.78 is 44.2. The maximum atomic E-state index is 13.1. The summed E-state index contributed by atoms with van der Waals surface area (Å²) in [6.45, 7) is 0.305. The zero-order chi connectivity index (χ0) is 15.5. The quantitative estimate of drug-likeness (QED) is 0.832. The van der Waals surface area contributed by atoms with E-state index < -0.39 is 11.7 Å². The van der Waals surface area contributed by atoms with Crippen molar-refractivity contribution < 1.29 is 17.9 Å². The molecule has 0 aliphatic carbocycles. The van der Waals surface area contributed by atoms with Crippen LogP contribution in [0.5, 0.6) is 0 Å². The molecule has 2 rings (SSSR count). The first-order valence-electron chi connectivity index (χ1n) is 6.22. The molecule has 0 atom stereocenters. The summed E-state index contributed by atoms with van der Waals surface area (Å²) in [4.78, 5) is 0. The molecule has 0 heterocycles. The SMILES string of the molecule is COCc1ccccc1Nc1ccc(N)cc1C(F)(F)F. The number of nitrogen functional groups attached to an aromatic ring is 1. The molecule has 112 valence electrons. The fourth-order valence-electron chi connectivity index (χ4n) is 1.97. The Hall–Kier alpha value is -2.21. The van der Waals surface area contributed by atoms with E-state index in [1.807, 2.05) is 0 Å². The molecule has 2 aromatic rings. The van der Waals surface area contributed by atoms with Gasteiger partial charge in [-0.05, 0) is 24.3 Å². The third kappa shape index (κ3) is 3.66. The van der Waals surface area contributed by atoms with Gasteiger partial charge in [0.1, 0.15) is 0 Å². The van der Waals surface area contributed by atoms with Crippen molar-refractivity contribution in [1.29, 1.82) is 0 Å². The van der Waals surface area contributed by atoms with Crippen LogP contribution in [0.15, 0.2) is 42.5 Å². The number of nitrogens with one attached hydrogen (secondary N) is 1. The molecule has 0 aromatic heterocycles. The molecule has 6 heteroatoms. The van der Waals surface area contributed by atoms with Gasteiger partial charge < -0.3 is 15.8 Å². The second-order valence-corrected chi connectivity index (χ2v) is 4.52. The minimum atomic E-state index is -4.48. The molecular weight excluding hydrogens is 281 g/mol. The molecule has 2 aromatic carbocycles. The highest BCUT2D eigenvalue weighted by Gasteiger charge is 2.33. The van der Waals surface area contributed by atoms with Crippen LogP contribution >= 0.6 is 0 Å². The Morgan fingerprint density at radius 1 is 1.10 bits per heavy atom. The standard InChI is InChI=1S/C15H15F3N2O/c1-21-9-10-4-2-3-5-13(10)20-14-7-6-11(19)8-12(14)15(16,17)18/h2-8,20H,9,19H2,1H3. The van der Waals surface area contributed by atoms with E-state index in [0.29, 0.717) is 12.3 Å². The number of benzene rings is 2. The van der Waals surface area contributed by atoms with Gasteiger partial charge in [-0.1, -0.05) is 18.2 Å². The number of nitrogens with two attached hydrogens (primary N) is 1. The number of hydrogen-bond acceptors (Lipinski definition) is 3. The van der Waals surface area contributed by atoms with Crippen molar-refractivity contribution in [2.75, 3.05) is 18.2 Å². The van der Waals surface area contributed by atoms with Gasteiger partial charge in [0.15, 0.2) is 0 Å². The molecule has 0 amide bonds. The molecule has 0 bridgehead atoms. The number of anilines is 3. The Balaban J connectivity index is 2.41. The molecule has 0 saturated carbocycles. The average Bonchev–Trinajstić information content (AvgIpc) is 2.42. The van der Waals surface area contributed by atoms with Crippen LogP contribution in [0.3, 0.4) is 0 Å². The number of alkyl halides is 3. The first-order chi connectivity index (χ1) is 9.91. The zero-order valence-electron chi connectivity index (χ0n) is 11.4. The monoisotopic (exact) mass is 296 g/mol. The van der Waals surface area contributed by atoms with E-state index in [1.54, 1.807) is 24.3 Å². The Bertz CT molecular complexity index is 627. The first-order valence-corrected chi connectivity index (χ1v) is 6.22. The van der Waals surface area contributed by atoms with Crippen LogP contribution in [0.4, 0.5) is 30.2 Å². The number of halogens is 3. The topological polar surface area (TPSA) is 47.3 Å². The van der Waals surface area contributed by atoms with Crippen LogP contribution in [0.1, 0.15) is 11.1 Å². The summed E-state index contributed by atoms with van der Waals surface area (Å²) in [5.41, 5.74) is 6.01. The van der Waals surface area contributed by atoms with E-state index in [0.717, 1.165) is 11.6 Å². The molecule has 0 spiro atoms. The lowest BCUT2D eigenvalue weighted by Crippen LogP contribution is -2.10. The third-order valence-electron chi connectivity index (χ3n) is 2.94. The van der Waals surface area contributed by atoms with Crippen LogP contribution in [0.2, 0.25) is 0 Å². The highest BCUT2D eigenvalue weighted by Crippen LogP contribution is 2.37. The number of para-hydroxylation sites is 1. The minimum Gasteiger partial charge on any atom is -0.399 e. The lowest BCUT2D eigenvalue weighted by Gasteiger charge is -2.17. The molecular formula is C15H15F3N2O. The average molecular weight is 296 g/mol. The van der Waals surface area contributed by atoms with Crippen LogP contribution in [-0.2, 0) is 17.5 Å². The summed E-state index contributed by atoms with van der Waals surface area (Å²) in [5, 5.41) is 2.80. The molecule has 0 saturated heterocycles. The fourth-order valence-corrected chi connectivity index (χ4v) is 1.97. The van der Waals surface area contributed by atoms with Gasteiger partial charge in [-0.15, -0.1) is 0 Å². The normalized spacial score (nSPS) is 11.4. The molecule has 3 N–H and O–H groups in total. The van der Waals surface area contributed by atoms with E-state index in [1.165, 1.54) is 19.2 Å². The molecule has 0 aliphatic rings. The maximum absolute atomic E-state index is 13.1. The van der Waals surface area contributed by atoms with Crippen molar-refractivity contribution in [3.05, 3.63) is 53.6 Å². The van der Waals surface area contributed by atoms with Crippen molar-refractivity contribution >= 4 is 17.1 Å². The smallest absolute Gasteiger partial charge is 0.399 e. The van der Waals surface area contributed by atoms with Gasteiger partial charge in [-0.25, -0.2) is 0 Å². The molecule has 0 radical (unpaired) electrons. The van der Waals surface area contributed by atoms with Gasteiger partial charge in [0.2, 0.25) is 0 Å². The van der Waals surface area contributed by atoms with Crippen molar-refractivity contribution in [3.8, 4) is 0 Å². The predicted octanol–water partition coefficient (Wildman–Crippen LogP) is 4.18. The highest BCUT2D eigenvalue weighted by molar-refractivity contribution is 5.68. The summed E-state index contributed by atoms with van der Waals surface area (Å²) in [6, 6.07) is 10.7. The van der Waals surface area contributed by atoms with Crippen LogP contribution in [0.25, 0.3) is 0 Å². The Labute approximate surface area is 120 Å². The highest BCUT2D eigenvalue weighted by atomic mass is 19.4. The number of ether oxygens (including phenoxy) is 1. The van der Waals surface area contributed by atoms with Gasteiger partial charge in [0, 0.05) is 24.0 Å². The van der Waals surface area contributed by atoms with Crippen LogP contribution in [-0.4, -0.2) is 7.11 Å². The summed E-state index contributed by atoms with van der Waals surface area (Å²) in [5.74, 6) is 0. The van der Waals surface area contributed by atoms with Gasteiger partial charge in [0.05, 0.1) is 17.9 Å². The van der Waals surface area contributed by atoms with E-state index in [-0.39, 0.29) is 11.4 Å². The second kappa shape index (κ2) is 6.05. The Kier molecular flexibility index (Phi) is 4.37. The molecule has 0 aliphatic heterocycles. The Morgan fingerprint density at radius 3 is 2.48 bits per heavy atom. The lowest BCUT2D eigenvalue weighted by molar-refractivity contribution is -0.136. The number of methoxy groups -OCH3 is 1. The van der Waals surface area contributed by atoms with E-state index in [4.69, 9.17) is 10.5 Å². The third-order valence-corrected chi connectivity index (χ3v) is 2.94. The van der Waals surface area contributed by atoms with E-state index in [2.05, 4.69) is 5.32 Å². The van der Waals surface area contributed by atoms with Gasteiger partial charge in [-0.2, -0.15) is 13.2 Å². The first kappa shape index (κ1) is 15.2. The fraction of sp³-hybridized carbons (Fsp3) is 0.200. The van der Waals surface area contributed by atoms with Crippen molar-refractivity contribution in [1.82, 2.24) is 0 Å². The largest absolute Gasteiger partial charge is 0.418 e. The summed E-state index contributed by atoms with van der Waals surface area (Å²) in [7, 11) is 1.53. The van der Waals surface area contributed by atoms with Crippen molar-refractivity contribution in [3.63, 3.8) is 0 Å². The summed E-state index contributed by atoms with van der Waals surface area (Å²) >= 11 is 0. The van der Waals surface area contributed by atoms with Gasteiger partial charge in [0.25, 0.3) is 0 Å². The minimum absolute atomic E-state index is 0.0414. The summed E-state index contributed by atoms with van der Waals surface area (Å²) in [6.07, 6.45) is -4.48. The second-order valence-electron chi connectivity index (χ2n) is 4.52. The van der Waals surface area contributed by atoms with Crippen LogP contribution < -0.4 is 11.1 Å². The molecule has 0 unspecified atom stereocenters. The number of rotatable bonds is 4. The van der Waals surface area contributed by atoms with Crippen molar-refractivity contribution in [2.45, 2.75) is 12.8 Å². The maximum Gasteiger partial charge on any atom is 0.418 e. The van der Waals surface area contributed by atoms with Gasteiger partial charge in [-0.3, -0.25) is 0 Å². The molecule has 0 fully saturated rings. The van der Waals surface area contributed by atoms with E-state index >= 15 is 0 Å². The molecule has 3 nitrogen and oxygen atoms in total. The predicted molar refractivity (Wildman–Crippen MR) is 76.3 cm³/mol. The zero-order valence-corrected chi connectivity index (χ0v) is 11.4. The van der Waals surface area contributed by atoms with Crippen LogP contribution in [0, 0.1) is 0 Å². The number of hydrogen-bond donors (Lipinski definition) is 2. The van der Waals surface area contributed by atoms with Gasteiger partial charge >= 0.3 is 6.18 Å². The molecule has 21 heavy (non-hydrogen) atoms. The Morgan fingerprint density at radius 2 is 1.81 bits per heavy atom. The van der Waals surface area contributed by atoms with E-state index in [9.17, 15) is 13.2 Å².